The molecule has 0 spiro atoms. The standard InChI is InChI=1S/C19H20BrN3O3/c20-15-7-9-16(10-8-15)26-13-19(25)22-21-18(24)12-23-11-3-5-14-4-1-2-6-17(14)23/h1-2,4,6-10H,3,5,11-13H2,(H,21,24)(H,22,25). The number of benzene rings is 2. The molecule has 1 aliphatic rings. The minimum absolute atomic E-state index is 0.172. The molecule has 7 heteroatoms. The maximum absolute atomic E-state index is 12.1. The Bertz CT molecular complexity index is 780. The highest BCUT2D eigenvalue weighted by Gasteiger charge is 2.18. The largest absolute Gasteiger partial charge is 0.484 e. The summed E-state index contributed by atoms with van der Waals surface area (Å²) in [5.41, 5.74) is 7.15. The molecule has 2 amide bonds. The van der Waals surface area contributed by atoms with Crippen molar-refractivity contribution in [3.8, 4) is 5.75 Å². The maximum atomic E-state index is 12.1. The van der Waals surface area contributed by atoms with Crippen LogP contribution in [0.2, 0.25) is 0 Å². The lowest BCUT2D eigenvalue weighted by molar-refractivity contribution is -0.129. The fraction of sp³-hybridized carbons (Fsp3) is 0.263. The van der Waals surface area contributed by atoms with Gasteiger partial charge in [-0.1, -0.05) is 34.1 Å². The van der Waals surface area contributed by atoms with Gasteiger partial charge in [0.1, 0.15) is 5.75 Å². The van der Waals surface area contributed by atoms with Crippen molar-refractivity contribution in [1.29, 1.82) is 0 Å². The first-order valence-corrected chi connectivity index (χ1v) is 9.20. The number of carbonyl (C=O) groups is 2. The van der Waals surface area contributed by atoms with E-state index in [4.69, 9.17) is 4.74 Å². The van der Waals surface area contributed by atoms with E-state index in [-0.39, 0.29) is 19.1 Å². The zero-order valence-corrected chi connectivity index (χ0v) is 15.8. The third-order valence-corrected chi connectivity index (χ3v) is 4.59. The third kappa shape index (κ3) is 4.98. The van der Waals surface area contributed by atoms with Crippen molar-refractivity contribution in [3.63, 3.8) is 0 Å². The van der Waals surface area contributed by atoms with E-state index in [0.29, 0.717) is 5.75 Å². The summed E-state index contributed by atoms with van der Waals surface area (Å²) in [6.45, 7) is 0.852. The first-order chi connectivity index (χ1) is 12.6. The number of aryl methyl sites for hydroxylation is 1. The van der Waals surface area contributed by atoms with Crippen LogP contribution in [-0.4, -0.2) is 31.5 Å². The summed E-state index contributed by atoms with van der Waals surface area (Å²) in [7, 11) is 0. The van der Waals surface area contributed by atoms with Gasteiger partial charge in [0.2, 0.25) is 0 Å². The molecule has 0 fully saturated rings. The SMILES string of the molecule is O=C(COc1ccc(Br)cc1)NNC(=O)CN1CCCc2ccccc21. The van der Waals surface area contributed by atoms with Crippen LogP contribution in [0.25, 0.3) is 0 Å². The molecule has 136 valence electrons. The number of rotatable bonds is 5. The number of nitrogens with one attached hydrogen (secondary N) is 2. The highest BCUT2D eigenvalue weighted by molar-refractivity contribution is 9.10. The number of para-hydroxylation sites is 1. The Morgan fingerprint density at radius 3 is 2.58 bits per heavy atom. The Kier molecular flexibility index (Phi) is 6.12. The van der Waals surface area contributed by atoms with Crippen LogP contribution in [0.1, 0.15) is 12.0 Å². The molecule has 0 atom stereocenters. The van der Waals surface area contributed by atoms with Gasteiger partial charge < -0.3 is 9.64 Å². The average Bonchev–Trinajstić information content (AvgIpc) is 2.66. The van der Waals surface area contributed by atoms with Gasteiger partial charge in [-0.3, -0.25) is 20.4 Å². The molecule has 26 heavy (non-hydrogen) atoms. The minimum Gasteiger partial charge on any atom is -0.484 e. The van der Waals surface area contributed by atoms with E-state index in [1.165, 1.54) is 5.56 Å². The van der Waals surface area contributed by atoms with E-state index >= 15 is 0 Å². The van der Waals surface area contributed by atoms with Gasteiger partial charge in [-0.05, 0) is 48.7 Å². The quantitative estimate of drug-likeness (QED) is 0.732. The summed E-state index contributed by atoms with van der Waals surface area (Å²) in [4.78, 5) is 26.0. The van der Waals surface area contributed by atoms with Crippen LogP contribution in [-0.2, 0) is 16.0 Å². The molecule has 0 radical (unpaired) electrons. The molecule has 2 aromatic carbocycles. The summed E-state index contributed by atoms with van der Waals surface area (Å²) >= 11 is 3.33. The fourth-order valence-corrected chi connectivity index (χ4v) is 3.11. The Morgan fingerprint density at radius 2 is 1.77 bits per heavy atom. The average molecular weight is 418 g/mol. The van der Waals surface area contributed by atoms with Gasteiger partial charge in [-0.2, -0.15) is 0 Å². The number of fused-ring (bicyclic) bond motifs is 1. The van der Waals surface area contributed by atoms with Crippen LogP contribution < -0.4 is 20.5 Å². The lowest BCUT2D eigenvalue weighted by atomic mass is 10.0. The predicted octanol–water partition coefficient (Wildman–Crippen LogP) is 2.43. The molecule has 0 saturated carbocycles. The smallest absolute Gasteiger partial charge is 0.276 e. The Hall–Kier alpha value is -2.54. The summed E-state index contributed by atoms with van der Waals surface area (Å²) < 4.78 is 6.29. The molecule has 0 bridgehead atoms. The van der Waals surface area contributed by atoms with Gasteiger partial charge in [-0.25, -0.2) is 0 Å². The minimum atomic E-state index is -0.416. The Labute approximate surface area is 160 Å². The second kappa shape index (κ2) is 8.71. The lowest BCUT2D eigenvalue weighted by Gasteiger charge is -2.30. The van der Waals surface area contributed by atoms with Crippen molar-refractivity contribution in [2.24, 2.45) is 0 Å². The van der Waals surface area contributed by atoms with Gasteiger partial charge >= 0.3 is 0 Å². The molecule has 0 aromatic heterocycles. The summed E-state index contributed by atoms with van der Waals surface area (Å²) in [5.74, 6) is -0.0985. The maximum Gasteiger partial charge on any atom is 0.276 e. The monoisotopic (exact) mass is 417 g/mol. The number of ether oxygens (including phenoxy) is 1. The number of amides is 2. The van der Waals surface area contributed by atoms with Crippen molar-refractivity contribution in [2.45, 2.75) is 12.8 Å². The topological polar surface area (TPSA) is 70.7 Å². The summed E-state index contributed by atoms with van der Waals surface area (Å²) in [6, 6.07) is 15.2. The molecular weight excluding hydrogens is 398 g/mol. The van der Waals surface area contributed by atoms with Gasteiger partial charge in [0.15, 0.2) is 6.61 Å². The van der Waals surface area contributed by atoms with Crippen LogP contribution in [0.5, 0.6) is 5.75 Å². The number of carbonyl (C=O) groups excluding carboxylic acids is 2. The Morgan fingerprint density at radius 1 is 1.04 bits per heavy atom. The summed E-state index contributed by atoms with van der Waals surface area (Å²) in [6.07, 6.45) is 2.04. The molecule has 6 nitrogen and oxygen atoms in total. The van der Waals surface area contributed by atoms with Crippen LogP contribution in [0.15, 0.2) is 53.0 Å². The third-order valence-electron chi connectivity index (χ3n) is 4.07. The molecule has 0 unspecified atom stereocenters. The molecule has 2 aromatic rings. The number of anilines is 1. The highest BCUT2D eigenvalue weighted by Crippen LogP contribution is 2.26. The normalized spacial score (nSPS) is 12.9. The fourth-order valence-electron chi connectivity index (χ4n) is 2.84. The second-order valence-corrected chi connectivity index (χ2v) is 6.91. The van der Waals surface area contributed by atoms with Crippen molar-refractivity contribution >= 4 is 33.4 Å². The first kappa shape index (κ1) is 18.3. The van der Waals surface area contributed by atoms with Crippen molar-refractivity contribution in [1.82, 2.24) is 10.9 Å². The van der Waals surface area contributed by atoms with Crippen molar-refractivity contribution in [3.05, 3.63) is 58.6 Å². The summed E-state index contributed by atoms with van der Waals surface area (Å²) in [5, 5.41) is 0. The van der Waals surface area contributed by atoms with Gasteiger partial charge in [0, 0.05) is 16.7 Å². The van der Waals surface area contributed by atoms with E-state index in [1.807, 2.05) is 35.2 Å². The number of hydrogen-bond donors (Lipinski definition) is 2. The van der Waals surface area contributed by atoms with Crippen LogP contribution in [0.4, 0.5) is 5.69 Å². The van der Waals surface area contributed by atoms with E-state index in [1.54, 1.807) is 12.1 Å². The lowest BCUT2D eigenvalue weighted by Crippen LogP contribution is -2.48. The molecule has 1 heterocycles. The molecule has 0 saturated heterocycles. The van der Waals surface area contributed by atoms with Crippen LogP contribution >= 0.6 is 15.9 Å². The number of hydrazine groups is 1. The molecule has 1 aliphatic heterocycles. The van der Waals surface area contributed by atoms with E-state index in [9.17, 15) is 9.59 Å². The first-order valence-electron chi connectivity index (χ1n) is 8.41. The Balaban J connectivity index is 1.43. The molecule has 3 rings (SSSR count). The number of nitrogens with zero attached hydrogens (tertiary/aromatic N) is 1. The van der Waals surface area contributed by atoms with Gasteiger partial charge in [-0.15, -0.1) is 0 Å². The van der Waals surface area contributed by atoms with Crippen molar-refractivity contribution < 1.29 is 14.3 Å². The number of halogens is 1. The zero-order chi connectivity index (χ0) is 18.4. The van der Waals surface area contributed by atoms with E-state index < -0.39 is 5.91 Å². The molecule has 2 N–H and O–H groups in total. The van der Waals surface area contributed by atoms with Gasteiger partial charge in [0.25, 0.3) is 11.8 Å². The predicted molar refractivity (Wildman–Crippen MR) is 103 cm³/mol. The van der Waals surface area contributed by atoms with Gasteiger partial charge in [0.05, 0.1) is 6.54 Å². The zero-order valence-electron chi connectivity index (χ0n) is 14.2. The van der Waals surface area contributed by atoms with E-state index in [2.05, 4.69) is 32.8 Å². The van der Waals surface area contributed by atoms with E-state index in [0.717, 1.165) is 29.5 Å². The highest BCUT2D eigenvalue weighted by atomic mass is 79.9. The number of hydrogen-bond acceptors (Lipinski definition) is 4. The molecular formula is C19H20BrN3O3. The molecule has 0 aliphatic carbocycles. The second-order valence-electron chi connectivity index (χ2n) is 5.99. The van der Waals surface area contributed by atoms with Crippen LogP contribution in [0, 0.1) is 0 Å². The van der Waals surface area contributed by atoms with Crippen LogP contribution in [0.3, 0.4) is 0 Å². The van der Waals surface area contributed by atoms with Crippen molar-refractivity contribution in [2.75, 3.05) is 24.6 Å².